The lowest BCUT2D eigenvalue weighted by molar-refractivity contribution is -0.150. The topological polar surface area (TPSA) is 94.5 Å². The van der Waals surface area contributed by atoms with E-state index in [0.717, 1.165) is 12.8 Å². The van der Waals surface area contributed by atoms with Crippen LogP contribution in [0.25, 0.3) is 0 Å². The van der Waals surface area contributed by atoms with Crippen molar-refractivity contribution >= 4 is 11.9 Å². The summed E-state index contributed by atoms with van der Waals surface area (Å²) in [5.41, 5.74) is 0.990. The number of carbonyl (C=O) groups is 2. The average Bonchev–Trinajstić information content (AvgIpc) is 3.28. The number of aliphatic hydroxyl groups excluding tert-OH is 1. The van der Waals surface area contributed by atoms with Crippen molar-refractivity contribution in [3.8, 4) is 0 Å². The van der Waals surface area contributed by atoms with Gasteiger partial charge in [-0.25, -0.2) is 4.79 Å². The molecule has 0 radical (unpaired) electrons. The number of esters is 2. The van der Waals surface area contributed by atoms with E-state index < -0.39 is 36.5 Å². The quantitative estimate of drug-likeness (QED) is 0.602. The molecule has 3 rings (SSSR count). The number of aliphatic hydroxyl groups is 1. The van der Waals surface area contributed by atoms with Gasteiger partial charge in [0.1, 0.15) is 24.4 Å². The molecule has 2 saturated heterocycles. The predicted molar refractivity (Wildman–Crippen MR) is 108 cm³/mol. The third-order valence-electron chi connectivity index (χ3n) is 5.31. The molecule has 2 unspecified atom stereocenters. The summed E-state index contributed by atoms with van der Waals surface area (Å²) in [6.45, 7) is 2.57. The lowest BCUT2D eigenvalue weighted by Gasteiger charge is -2.22. The summed E-state index contributed by atoms with van der Waals surface area (Å²) in [5, 5.41) is 9.87. The Morgan fingerprint density at radius 2 is 1.93 bits per heavy atom. The van der Waals surface area contributed by atoms with E-state index in [0.29, 0.717) is 17.5 Å². The summed E-state index contributed by atoms with van der Waals surface area (Å²) < 4.78 is 22.5. The molecule has 2 fully saturated rings. The first kappa shape index (κ1) is 22.7. The minimum Gasteiger partial charge on any atom is -0.457 e. The zero-order valence-corrected chi connectivity index (χ0v) is 17.8. The zero-order chi connectivity index (χ0) is 21.7. The molecular formula is C22H31NO7. The van der Waals surface area contributed by atoms with Crippen LogP contribution in [0, 0.1) is 0 Å². The zero-order valence-electron chi connectivity index (χ0n) is 17.8. The van der Waals surface area contributed by atoms with Crippen LogP contribution in [0.4, 0.5) is 0 Å². The molecule has 8 heteroatoms. The smallest absolute Gasteiger partial charge is 0.339 e. The lowest BCUT2D eigenvalue weighted by Crippen LogP contribution is -2.34. The number of hydrogen-bond acceptors (Lipinski definition) is 8. The highest BCUT2D eigenvalue weighted by atomic mass is 16.6. The fourth-order valence-corrected chi connectivity index (χ4v) is 3.83. The molecule has 30 heavy (non-hydrogen) atoms. The number of nitrogens with zero attached hydrogens (tertiary/aromatic N) is 1. The largest absolute Gasteiger partial charge is 0.457 e. The van der Waals surface area contributed by atoms with E-state index in [1.807, 2.05) is 6.07 Å². The Balaban J connectivity index is 1.75. The fourth-order valence-electron chi connectivity index (χ4n) is 3.83. The molecule has 1 aromatic rings. The van der Waals surface area contributed by atoms with E-state index in [1.54, 1.807) is 37.2 Å². The summed E-state index contributed by atoms with van der Waals surface area (Å²) in [4.78, 5) is 27.0. The third kappa shape index (κ3) is 5.37. The first-order chi connectivity index (χ1) is 14.4. The Morgan fingerprint density at radius 3 is 2.67 bits per heavy atom. The second-order valence-corrected chi connectivity index (χ2v) is 8.05. The van der Waals surface area contributed by atoms with Gasteiger partial charge in [-0.1, -0.05) is 31.5 Å². The number of benzene rings is 1. The SMILES string of the molecule is CCCCC(OC(=O)CN(C)C)c1ccccc1C(=O)OC1CO[C@@H]2[C@H](O)CO[C@H]12. The Kier molecular flexibility index (Phi) is 7.82. The molecule has 2 aliphatic rings. The standard InChI is InChI=1S/C22H31NO7/c1-4-5-10-17(29-19(25)11-23(2)3)14-8-6-7-9-15(14)22(26)30-18-13-28-20-16(24)12-27-21(18)20/h6-9,16-18,20-21,24H,4-5,10-13H2,1-3H3/t16-,17?,18?,20-,21-/m1/s1. The normalized spacial score (nSPS) is 26.4. The minimum atomic E-state index is -0.708. The number of ether oxygens (including phenoxy) is 4. The van der Waals surface area contributed by atoms with Crippen molar-refractivity contribution in [3.05, 3.63) is 35.4 Å². The first-order valence-corrected chi connectivity index (χ1v) is 10.5. The number of fused-ring (bicyclic) bond motifs is 1. The number of hydrogen-bond donors (Lipinski definition) is 1. The van der Waals surface area contributed by atoms with E-state index in [1.165, 1.54) is 0 Å². The van der Waals surface area contributed by atoms with Gasteiger partial charge in [0.2, 0.25) is 0 Å². The highest BCUT2D eigenvalue weighted by molar-refractivity contribution is 5.91. The Hall–Kier alpha value is -2.00. The van der Waals surface area contributed by atoms with Gasteiger partial charge in [-0.2, -0.15) is 0 Å². The fraction of sp³-hybridized carbons (Fsp3) is 0.636. The van der Waals surface area contributed by atoms with Crippen molar-refractivity contribution in [3.63, 3.8) is 0 Å². The summed E-state index contributed by atoms with van der Waals surface area (Å²) in [6, 6.07) is 7.04. The van der Waals surface area contributed by atoms with Crippen LogP contribution in [-0.4, -0.2) is 80.2 Å². The van der Waals surface area contributed by atoms with Crippen LogP contribution in [0.2, 0.25) is 0 Å². The molecule has 1 aromatic carbocycles. The summed E-state index contributed by atoms with van der Waals surface area (Å²) >= 11 is 0. The highest BCUT2D eigenvalue weighted by Gasteiger charge is 2.49. The van der Waals surface area contributed by atoms with Crippen molar-refractivity contribution in [2.45, 2.75) is 56.7 Å². The van der Waals surface area contributed by atoms with E-state index in [-0.39, 0.29) is 25.7 Å². The van der Waals surface area contributed by atoms with Crippen LogP contribution < -0.4 is 0 Å². The molecule has 166 valence electrons. The number of rotatable bonds is 9. The lowest BCUT2D eigenvalue weighted by atomic mass is 9.98. The van der Waals surface area contributed by atoms with Gasteiger partial charge in [-0.05, 0) is 33.0 Å². The molecule has 0 saturated carbocycles. The second-order valence-electron chi connectivity index (χ2n) is 8.05. The maximum atomic E-state index is 13.0. The van der Waals surface area contributed by atoms with Crippen LogP contribution in [0.5, 0.6) is 0 Å². The van der Waals surface area contributed by atoms with E-state index in [9.17, 15) is 14.7 Å². The monoisotopic (exact) mass is 421 g/mol. The molecule has 2 aliphatic heterocycles. The van der Waals surface area contributed by atoms with Crippen LogP contribution in [0.3, 0.4) is 0 Å². The number of carbonyl (C=O) groups excluding carboxylic acids is 2. The average molecular weight is 421 g/mol. The van der Waals surface area contributed by atoms with E-state index in [2.05, 4.69) is 6.92 Å². The Morgan fingerprint density at radius 1 is 1.20 bits per heavy atom. The number of unbranched alkanes of at least 4 members (excludes halogenated alkanes) is 1. The second kappa shape index (κ2) is 10.3. The van der Waals surface area contributed by atoms with Gasteiger partial charge in [-0.3, -0.25) is 9.69 Å². The van der Waals surface area contributed by atoms with E-state index in [4.69, 9.17) is 18.9 Å². The van der Waals surface area contributed by atoms with E-state index >= 15 is 0 Å². The molecule has 2 heterocycles. The highest BCUT2D eigenvalue weighted by Crippen LogP contribution is 2.31. The van der Waals surface area contributed by atoms with Crippen molar-refractivity contribution in [1.82, 2.24) is 4.90 Å². The Bertz CT molecular complexity index is 738. The van der Waals surface area contributed by atoms with Gasteiger partial charge in [-0.15, -0.1) is 0 Å². The first-order valence-electron chi connectivity index (χ1n) is 10.5. The molecule has 0 aromatic heterocycles. The van der Waals surface area contributed by atoms with Crippen molar-refractivity contribution in [2.75, 3.05) is 33.9 Å². The molecule has 8 nitrogen and oxygen atoms in total. The van der Waals surface area contributed by atoms with Gasteiger partial charge in [0.05, 0.1) is 25.3 Å². The van der Waals surface area contributed by atoms with Crippen LogP contribution >= 0.6 is 0 Å². The van der Waals surface area contributed by atoms with Gasteiger partial charge in [0, 0.05) is 5.56 Å². The molecule has 5 atom stereocenters. The minimum absolute atomic E-state index is 0.164. The van der Waals surface area contributed by atoms with Gasteiger partial charge in [0.25, 0.3) is 0 Å². The van der Waals surface area contributed by atoms with Crippen LogP contribution in [0.15, 0.2) is 24.3 Å². The van der Waals surface area contributed by atoms with Crippen molar-refractivity contribution in [2.24, 2.45) is 0 Å². The predicted octanol–water partition coefficient (Wildman–Crippen LogP) is 1.71. The van der Waals surface area contributed by atoms with Gasteiger partial charge < -0.3 is 24.1 Å². The maximum absolute atomic E-state index is 13.0. The van der Waals surface area contributed by atoms with Gasteiger partial charge in [0.15, 0.2) is 6.10 Å². The molecule has 0 spiro atoms. The Labute approximate surface area is 177 Å². The third-order valence-corrected chi connectivity index (χ3v) is 5.31. The molecular weight excluding hydrogens is 390 g/mol. The molecule has 0 bridgehead atoms. The maximum Gasteiger partial charge on any atom is 0.339 e. The molecule has 0 aliphatic carbocycles. The molecule has 0 amide bonds. The van der Waals surface area contributed by atoms with Crippen LogP contribution in [0.1, 0.15) is 48.2 Å². The summed E-state index contributed by atoms with van der Waals surface area (Å²) in [6.07, 6.45) is -0.345. The molecule has 1 N–H and O–H groups in total. The van der Waals surface area contributed by atoms with Crippen molar-refractivity contribution < 1.29 is 33.6 Å². The summed E-state index contributed by atoms with van der Waals surface area (Å²) in [7, 11) is 3.60. The van der Waals surface area contributed by atoms with Gasteiger partial charge >= 0.3 is 11.9 Å². The number of likely N-dealkylation sites (N-methyl/N-ethyl adjacent to an activating group) is 1. The van der Waals surface area contributed by atoms with Crippen LogP contribution in [-0.2, 0) is 23.7 Å². The summed E-state index contributed by atoms with van der Waals surface area (Å²) in [5.74, 6) is -0.861. The van der Waals surface area contributed by atoms with Crippen molar-refractivity contribution in [1.29, 1.82) is 0 Å².